The molecular weight excluding hydrogens is 224 g/mol. The van der Waals surface area contributed by atoms with Gasteiger partial charge < -0.3 is 10.2 Å². The van der Waals surface area contributed by atoms with Gasteiger partial charge in [-0.3, -0.25) is 4.68 Å². The van der Waals surface area contributed by atoms with Crippen LogP contribution in [0.3, 0.4) is 0 Å². The van der Waals surface area contributed by atoms with E-state index >= 15 is 0 Å². The van der Waals surface area contributed by atoms with Gasteiger partial charge in [-0.05, 0) is 52.5 Å². The van der Waals surface area contributed by atoms with E-state index in [9.17, 15) is 0 Å². The Morgan fingerprint density at radius 1 is 1.22 bits per heavy atom. The lowest BCUT2D eigenvalue weighted by molar-refractivity contribution is 0.392. The van der Waals surface area contributed by atoms with Crippen molar-refractivity contribution >= 4 is 0 Å². The number of nitrogens with zero attached hydrogens (tertiary/aromatic N) is 3. The van der Waals surface area contributed by atoms with Crippen LogP contribution in [-0.2, 0) is 19.4 Å². The molecule has 0 saturated heterocycles. The van der Waals surface area contributed by atoms with Crippen LogP contribution in [0.4, 0.5) is 0 Å². The van der Waals surface area contributed by atoms with Crippen LogP contribution in [0.1, 0.15) is 31.7 Å². The maximum Gasteiger partial charge on any atom is 0.0624 e. The van der Waals surface area contributed by atoms with E-state index in [1.807, 2.05) is 0 Å². The summed E-state index contributed by atoms with van der Waals surface area (Å²) < 4.78 is 2.15. The Balaban J connectivity index is 2.24. The van der Waals surface area contributed by atoms with E-state index in [-0.39, 0.29) is 0 Å². The van der Waals surface area contributed by atoms with E-state index in [2.05, 4.69) is 54.0 Å². The SMILES string of the molecule is CCc1cc(CC)n(CCNCCCN(C)C)n1. The Morgan fingerprint density at radius 2 is 2.00 bits per heavy atom. The highest BCUT2D eigenvalue weighted by molar-refractivity contribution is 5.10. The van der Waals surface area contributed by atoms with E-state index in [0.717, 1.165) is 39.0 Å². The molecule has 0 bridgehead atoms. The zero-order chi connectivity index (χ0) is 13.4. The fourth-order valence-electron chi connectivity index (χ4n) is 2.00. The number of hydrogen-bond acceptors (Lipinski definition) is 3. The highest BCUT2D eigenvalue weighted by Crippen LogP contribution is 2.05. The molecule has 0 aliphatic heterocycles. The van der Waals surface area contributed by atoms with Crippen LogP contribution in [0, 0.1) is 0 Å². The standard InChI is InChI=1S/C14H28N4/c1-5-13-12-14(6-2)18(16-13)11-9-15-8-7-10-17(3)4/h12,15H,5-11H2,1-4H3. The second-order valence-corrected chi connectivity index (χ2v) is 4.96. The van der Waals surface area contributed by atoms with Crippen molar-refractivity contribution in [2.75, 3.05) is 33.7 Å². The second-order valence-electron chi connectivity index (χ2n) is 4.96. The quantitative estimate of drug-likeness (QED) is 0.677. The Bertz CT molecular complexity index is 331. The third-order valence-electron chi connectivity index (χ3n) is 3.10. The summed E-state index contributed by atoms with van der Waals surface area (Å²) in [7, 11) is 4.23. The first kappa shape index (κ1) is 15.2. The van der Waals surface area contributed by atoms with Gasteiger partial charge in [-0.25, -0.2) is 0 Å². The molecule has 4 heteroatoms. The van der Waals surface area contributed by atoms with Crippen LogP contribution in [0.25, 0.3) is 0 Å². The van der Waals surface area contributed by atoms with Crippen LogP contribution in [-0.4, -0.2) is 48.4 Å². The first-order valence-electron chi connectivity index (χ1n) is 7.08. The Hall–Kier alpha value is -0.870. The summed E-state index contributed by atoms with van der Waals surface area (Å²) in [5.41, 5.74) is 2.56. The molecule has 1 aromatic heterocycles. The summed E-state index contributed by atoms with van der Waals surface area (Å²) in [6, 6.07) is 2.23. The number of aromatic nitrogens is 2. The minimum absolute atomic E-state index is 0.977. The molecule has 1 aromatic rings. The lowest BCUT2D eigenvalue weighted by Gasteiger charge is -2.10. The third kappa shape index (κ3) is 5.19. The highest BCUT2D eigenvalue weighted by Gasteiger charge is 2.04. The molecule has 0 unspecified atom stereocenters. The molecule has 0 radical (unpaired) electrons. The third-order valence-corrected chi connectivity index (χ3v) is 3.10. The van der Waals surface area contributed by atoms with Crippen molar-refractivity contribution < 1.29 is 0 Å². The van der Waals surface area contributed by atoms with Gasteiger partial charge in [0.2, 0.25) is 0 Å². The van der Waals surface area contributed by atoms with Crippen molar-refractivity contribution in [3.05, 3.63) is 17.5 Å². The van der Waals surface area contributed by atoms with Gasteiger partial charge in [0.15, 0.2) is 0 Å². The van der Waals surface area contributed by atoms with Gasteiger partial charge >= 0.3 is 0 Å². The van der Waals surface area contributed by atoms with Gasteiger partial charge in [0.05, 0.1) is 12.2 Å². The smallest absolute Gasteiger partial charge is 0.0624 e. The van der Waals surface area contributed by atoms with E-state index in [0.29, 0.717) is 0 Å². The molecule has 1 N–H and O–H groups in total. The number of rotatable bonds is 9. The van der Waals surface area contributed by atoms with Gasteiger partial charge in [0, 0.05) is 12.2 Å². The molecule has 0 fully saturated rings. The van der Waals surface area contributed by atoms with Crippen LogP contribution >= 0.6 is 0 Å². The Kier molecular flexibility index (Phi) is 6.98. The molecule has 0 amide bonds. The predicted octanol–water partition coefficient (Wildman–Crippen LogP) is 1.55. The molecule has 0 saturated carbocycles. The van der Waals surface area contributed by atoms with Crippen LogP contribution in [0.5, 0.6) is 0 Å². The summed E-state index contributed by atoms with van der Waals surface area (Å²) in [4.78, 5) is 2.22. The zero-order valence-electron chi connectivity index (χ0n) is 12.4. The van der Waals surface area contributed by atoms with E-state index in [1.165, 1.54) is 17.8 Å². The molecular formula is C14H28N4. The average molecular weight is 252 g/mol. The lowest BCUT2D eigenvalue weighted by atomic mass is 10.2. The van der Waals surface area contributed by atoms with Gasteiger partial charge in [-0.1, -0.05) is 13.8 Å². The first-order valence-corrected chi connectivity index (χ1v) is 7.08. The molecule has 0 spiro atoms. The van der Waals surface area contributed by atoms with Crippen LogP contribution < -0.4 is 5.32 Å². The summed E-state index contributed by atoms with van der Waals surface area (Å²) in [5, 5.41) is 8.09. The van der Waals surface area contributed by atoms with E-state index < -0.39 is 0 Å². The molecule has 1 heterocycles. The van der Waals surface area contributed by atoms with Crippen molar-refractivity contribution in [2.45, 2.75) is 39.7 Å². The normalized spacial score (nSPS) is 11.4. The lowest BCUT2D eigenvalue weighted by Crippen LogP contribution is -2.25. The summed E-state index contributed by atoms with van der Waals surface area (Å²) in [6.45, 7) is 8.57. The van der Waals surface area contributed by atoms with Crippen molar-refractivity contribution in [3.63, 3.8) is 0 Å². The minimum Gasteiger partial charge on any atom is -0.315 e. The molecule has 0 atom stereocenters. The van der Waals surface area contributed by atoms with Crippen molar-refractivity contribution in [3.8, 4) is 0 Å². The molecule has 104 valence electrons. The van der Waals surface area contributed by atoms with E-state index in [1.54, 1.807) is 0 Å². The summed E-state index contributed by atoms with van der Waals surface area (Å²) >= 11 is 0. The molecule has 0 aromatic carbocycles. The molecule has 1 rings (SSSR count). The predicted molar refractivity (Wildman–Crippen MR) is 77.0 cm³/mol. The summed E-state index contributed by atoms with van der Waals surface area (Å²) in [5.74, 6) is 0. The Labute approximate surface area is 111 Å². The highest BCUT2D eigenvalue weighted by atomic mass is 15.3. The van der Waals surface area contributed by atoms with Gasteiger partial charge in [0.25, 0.3) is 0 Å². The van der Waals surface area contributed by atoms with E-state index in [4.69, 9.17) is 0 Å². The molecule has 0 aliphatic carbocycles. The summed E-state index contributed by atoms with van der Waals surface area (Å²) in [6.07, 6.45) is 3.29. The average Bonchev–Trinajstić information content (AvgIpc) is 2.75. The number of aryl methyl sites for hydroxylation is 2. The van der Waals surface area contributed by atoms with Crippen molar-refractivity contribution in [1.82, 2.24) is 20.0 Å². The molecule has 18 heavy (non-hydrogen) atoms. The minimum atomic E-state index is 0.977. The maximum absolute atomic E-state index is 4.61. The number of hydrogen-bond donors (Lipinski definition) is 1. The maximum atomic E-state index is 4.61. The Morgan fingerprint density at radius 3 is 2.61 bits per heavy atom. The van der Waals surface area contributed by atoms with Crippen LogP contribution in [0.15, 0.2) is 6.07 Å². The molecule has 0 aliphatic rings. The van der Waals surface area contributed by atoms with Gasteiger partial charge in [0.1, 0.15) is 0 Å². The molecule has 4 nitrogen and oxygen atoms in total. The monoisotopic (exact) mass is 252 g/mol. The van der Waals surface area contributed by atoms with Gasteiger partial charge in [-0.15, -0.1) is 0 Å². The number of nitrogens with one attached hydrogen (secondary N) is 1. The topological polar surface area (TPSA) is 33.1 Å². The largest absolute Gasteiger partial charge is 0.315 e. The fraction of sp³-hybridized carbons (Fsp3) is 0.786. The van der Waals surface area contributed by atoms with Gasteiger partial charge in [-0.2, -0.15) is 5.10 Å². The fourth-order valence-corrected chi connectivity index (χ4v) is 2.00. The van der Waals surface area contributed by atoms with Crippen molar-refractivity contribution in [1.29, 1.82) is 0 Å². The second kappa shape index (κ2) is 8.27. The zero-order valence-corrected chi connectivity index (χ0v) is 12.4. The van der Waals surface area contributed by atoms with Crippen LogP contribution in [0.2, 0.25) is 0 Å². The first-order chi connectivity index (χ1) is 8.67. The van der Waals surface area contributed by atoms with Crippen molar-refractivity contribution in [2.24, 2.45) is 0 Å².